The van der Waals surface area contributed by atoms with Crippen molar-refractivity contribution in [2.75, 3.05) is 19.7 Å². The molecular weight excluding hydrogens is 465 g/mol. The number of benzene rings is 3. The summed E-state index contributed by atoms with van der Waals surface area (Å²) >= 11 is 0. The van der Waals surface area contributed by atoms with Gasteiger partial charge in [0.15, 0.2) is 0 Å². The third-order valence-corrected chi connectivity index (χ3v) is 7.08. The maximum absolute atomic E-state index is 13.6. The van der Waals surface area contributed by atoms with E-state index in [1.807, 2.05) is 6.07 Å². The van der Waals surface area contributed by atoms with Gasteiger partial charge in [0.05, 0.1) is 12.5 Å². The Balaban J connectivity index is 1.29. The lowest BCUT2D eigenvalue weighted by atomic mass is 9.88. The molecule has 37 heavy (non-hydrogen) atoms. The molecule has 1 aliphatic heterocycles. The van der Waals surface area contributed by atoms with Crippen molar-refractivity contribution in [2.24, 2.45) is 11.8 Å². The fraction of sp³-hybridized carbons (Fsp3) is 0.323. The number of carbonyl (C=O) groups excluding carboxylic acids is 1. The minimum absolute atomic E-state index is 0.0681. The van der Waals surface area contributed by atoms with Gasteiger partial charge in [0.25, 0.3) is 0 Å². The second-order valence-electron chi connectivity index (χ2n) is 10.3. The van der Waals surface area contributed by atoms with Crippen molar-refractivity contribution in [3.05, 3.63) is 101 Å². The maximum atomic E-state index is 13.6. The molecule has 0 radical (unpaired) electrons. The Kier molecular flexibility index (Phi) is 7.56. The number of nitrogens with one attached hydrogen (secondary N) is 2. The number of H-pyrrole nitrogens is 1. The second kappa shape index (κ2) is 11.2. The molecule has 1 fully saturated rings. The van der Waals surface area contributed by atoms with Crippen LogP contribution in [0, 0.1) is 31.5 Å². The van der Waals surface area contributed by atoms with Gasteiger partial charge in [-0.25, -0.2) is 4.39 Å². The predicted molar refractivity (Wildman–Crippen MR) is 145 cm³/mol. The van der Waals surface area contributed by atoms with Crippen LogP contribution < -0.4 is 10.1 Å². The van der Waals surface area contributed by atoms with Crippen molar-refractivity contribution in [1.82, 2.24) is 15.2 Å². The standard InChI is InChI=1S/C31H34FN3O2/c1-21-10-22(2)12-23(11-21)15-34-31(36)25-13-24(20-37-28-7-5-6-27(32)14-28)17-35(18-25)19-26-16-33-30-9-4-3-8-29(26)30/h3-12,14,16,24-25,33H,13,15,17-20H2,1-2H3,(H,34,36)/t24-,25+/m0/s1. The van der Waals surface area contributed by atoms with Crippen LogP contribution in [0.15, 0.2) is 72.9 Å². The highest BCUT2D eigenvalue weighted by Crippen LogP contribution is 2.27. The first-order valence-electron chi connectivity index (χ1n) is 12.9. The van der Waals surface area contributed by atoms with Crippen LogP contribution in [0.25, 0.3) is 10.9 Å². The molecule has 1 amide bonds. The molecule has 0 aliphatic carbocycles. The largest absolute Gasteiger partial charge is 0.493 e. The Morgan fingerprint density at radius 1 is 1.05 bits per heavy atom. The molecule has 2 atom stereocenters. The molecule has 1 aliphatic rings. The van der Waals surface area contributed by atoms with Crippen molar-refractivity contribution in [2.45, 2.75) is 33.4 Å². The van der Waals surface area contributed by atoms with E-state index in [0.29, 0.717) is 25.4 Å². The van der Waals surface area contributed by atoms with E-state index < -0.39 is 0 Å². The van der Waals surface area contributed by atoms with Crippen LogP contribution in [-0.4, -0.2) is 35.5 Å². The zero-order chi connectivity index (χ0) is 25.8. The molecule has 0 spiro atoms. The molecule has 5 nitrogen and oxygen atoms in total. The van der Waals surface area contributed by atoms with Gasteiger partial charge in [-0.1, -0.05) is 53.6 Å². The van der Waals surface area contributed by atoms with Crippen LogP contribution in [0.4, 0.5) is 4.39 Å². The smallest absolute Gasteiger partial charge is 0.224 e. The SMILES string of the molecule is Cc1cc(C)cc(CNC(=O)[C@@H]2C[C@H](COc3cccc(F)c3)CN(Cc3c[nH]c4ccccc34)C2)c1. The highest BCUT2D eigenvalue weighted by molar-refractivity contribution is 5.83. The third kappa shape index (κ3) is 6.38. The van der Waals surface area contributed by atoms with E-state index in [-0.39, 0.29) is 23.6 Å². The van der Waals surface area contributed by atoms with Gasteiger partial charge < -0.3 is 15.0 Å². The van der Waals surface area contributed by atoms with Gasteiger partial charge in [-0.15, -0.1) is 0 Å². The average Bonchev–Trinajstić information content (AvgIpc) is 3.28. The van der Waals surface area contributed by atoms with E-state index >= 15 is 0 Å². The lowest BCUT2D eigenvalue weighted by Gasteiger charge is -2.37. The normalized spacial score (nSPS) is 18.1. The lowest BCUT2D eigenvalue weighted by Crippen LogP contribution is -2.47. The van der Waals surface area contributed by atoms with Gasteiger partial charge >= 0.3 is 0 Å². The summed E-state index contributed by atoms with van der Waals surface area (Å²) in [7, 11) is 0. The number of halogens is 1. The molecule has 5 rings (SSSR count). The summed E-state index contributed by atoms with van der Waals surface area (Å²) in [6.07, 6.45) is 2.80. The van der Waals surface area contributed by atoms with Gasteiger partial charge in [-0.05, 0) is 49.6 Å². The van der Waals surface area contributed by atoms with Crippen LogP contribution in [0.1, 0.15) is 28.7 Å². The van der Waals surface area contributed by atoms with Gasteiger partial charge in [0, 0.05) is 55.3 Å². The number of aryl methyl sites for hydroxylation is 2. The molecule has 192 valence electrons. The van der Waals surface area contributed by atoms with Crippen LogP contribution in [0.3, 0.4) is 0 Å². The first-order chi connectivity index (χ1) is 17.9. The predicted octanol–water partition coefficient (Wildman–Crippen LogP) is 5.76. The number of fused-ring (bicyclic) bond motifs is 1. The fourth-order valence-electron chi connectivity index (χ4n) is 5.52. The topological polar surface area (TPSA) is 57.4 Å². The summed E-state index contributed by atoms with van der Waals surface area (Å²) in [6, 6.07) is 20.9. The lowest BCUT2D eigenvalue weighted by molar-refractivity contribution is -0.128. The number of hydrogen-bond donors (Lipinski definition) is 2. The van der Waals surface area contributed by atoms with Crippen molar-refractivity contribution in [3.8, 4) is 5.75 Å². The molecular formula is C31H34FN3O2. The van der Waals surface area contributed by atoms with E-state index in [4.69, 9.17) is 4.74 Å². The van der Waals surface area contributed by atoms with Gasteiger partial charge in [-0.2, -0.15) is 0 Å². The monoisotopic (exact) mass is 499 g/mol. The molecule has 1 aromatic heterocycles. The number of piperidine rings is 1. The molecule has 4 aromatic rings. The van der Waals surface area contributed by atoms with Gasteiger partial charge in [0.2, 0.25) is 5.91 Å². The van der Waals surface area contributed by atoms with E-state index in [9.17, 15) is 9.18 Å². The highest BCUT2D eigenvalue weighted by atomic mass is 19.1. The number of ether oxygens (including phenoxy) is 1. The minimum atomic E-state index is -0.314. The molecule has 3 aromatic carbocycles. The van der Waals surface area contributed by atoms with Crippen molar-refractivity contribution >= 4 is 16.8 Å². The first kappa shape index (κ1) is 25.0. The summed E-state index contributed by atoms with van der Waals surface area (Å²) in [5.41, 5.74) is 5.84. The summed E-state index contributed by atoms with van der Waals surface area (Å²) < 4.78 is 19.6. The number of likely N-dealkylation sites (tertiary alicyclic amines) is 1. The highest BCUT2D eigenvalue weighted by Gasteiger charge is 2.32. The second-order valence-corrected chi connectivity index (χ2v) is 10.3. The number of rotatable bonds is 8. The van der Waals surface area contributed by atoms with Gasteiger partial charge in [0.1, 0.15) is 11.6 Å². The number of hydrogen-bond acceptors (Lipinski definition) is 3. The van der Waals surface area contributed by atoms with E-state index in [0.717, 1.165) is 30.6 Å². The summed E-state index contributed by atoms with van der Waals surface area (Å²) in [6.45, 7) is 7.36. The van der Waals surface area contributed by atoms with Crippen LogP contribution in [0.2, 0.25) is 0 Å². The number of carbonyl (C=O) groups is 1. The Morgan fingerprint density at radius 3 is 2.68 bits per heavy atom. The number of aromatic nitrogens is 1. The van der Waals surface area contributed by atoms with Crippen molar-refractivity contribution in [1.29, 1.82) is 0 Å². The fourth-order valence-corrected chi connectivity index (χ4v) is 5.52. The number of para-hydroxylation sites is 1. The Bertz CT molecular complexity index is 1360. The molecule has 6 heteroatoms. The Morgan fingerprint density at radius 2 is 1.86 bits per heavy atom. The molecule has 1 saturated heterocycles. The number of amides is 1. The van der Waals surface area contributed by atoms with Crippen molar-refractivity contribution in [3.63, 3.8) is 0 Å². The van der Waals surface area contributed by atoms with E-state index in [1.54, 1.807) is 12.1 Å². The van der Waals surface area contributed by atoms with Crippen LogP contribution >= 0.6 is 0 Å². The van der Waals surface area contributed by atoms with Crippen molar-refractivity contribution < 1.29 is 13.9 Å². The summed E-state index contributed by atoms with van der Waals surface area (Å²) in [5.74, 6) is 0.277. The molecule has 0 unspecified atom stereocenters. The zero-order valence-electron chi connectivity index (χ0n) is 21.5. The zero-order valence-corrected chi connectivity index (χ0v) is 21.5. The van der Waals surface area contributed by atoms with Crippen LogP contribution in [0.5, 0.6) is 5.75 Å². The molecule has 2 N–H and O–H groups in total. The first-order valence-corrected chi connectivity index (χ1v) is 12.9. The maximum Gasteiger partial charge on any atom is 0.224 e. The average molecular weight is 500 g/mol. The van der Waals surface area contributed by atoms with E-state index in [1.165, 1.54) is 34.2 Å². The molecule has 0 saturated carbocycles. The van der Waals surface area contributed by atoms with Gasteiger partial charge in [-0.3, -0.25) is 9.69 Å². The molecule has 2 heterocycles. The third-order valence-electron chi connectivity index (χ3n) is 7.08. The number of nitrogens with zero attached hydrogens (tertiary/aromatic N) is 1. The van der Waals surface area contributed by atoms with Crippen LogP contribution in [-0.2, 0) is 17.9 Å². The quantitative estimate of drug-likeness (QED) is 0.324. The summed E-state index contributed by atoms with van der Waals surface area (Å²) in [4.78, 5) is 19.0. The summed E-state index contributed by atoms with van der Waals surface area (Å²) in [5, 5.41) is 4.38. The van der Waals surface area contributed by atoms with E-state index in [2.05, 4.69) is 71.6 Å². The minimum Gasteiger partial charge on any atom is -0.493 e. The number of aromatic amines is 1. The Hall–Kier alpha value is -3.64. The Labute approximate surface area is 217 Å². The molecule has 0 bridgehead atoms.